The van der Waals surface area contributed by atoms with Crippen molar-refractivity contribution in [2.75, 3.05) is 0 Å². The lowest BCUT2D eigenvalue weighted by Gasteiger charge is -2.16. The summed E-state index contributed by atoms with van der Waals surface area (Å²) in [4.78, 5) is 10.7. The maximum absolute atomic E-state index is 10.7. The molecule has 3 nitrogen and oxygen atoms in total. The Labute approximate surface area is 122 Å². The lowest BCUT2D eigenvalue weighted by molar-refractivity contribution is 0.0435. The highest BCUT2D eigenvalue weighted by Crippen LogP contribution is 2.15. The second kappa shape index (κ2) is 10.3. The fraction of sp³-hybridized carbons (Fsp3) is 0.588. The molecular weight excluding hydrogens is 252 g/mol. The number of rotatable bonds is 10. The van der Waals surface area contributed by atoms with Crippen LogP contribution in [0.3, 0.4) is 0 Å². The van der Waals surface area contributed by atoms with Gasteiger partial charge in [0.15, 0.2) is 0 Å². The smallest absolute Gasteiger partial charge is 0.450 e. The SMILES string of the molecule is CCCCCCCC(CCc1ccccc1)OC(=O)O. The molecule has 1 rings (SSSR count). The van der Waals surface area contributed by atoms with Gasteiger partial charge in [0.1, 0.15) is 6.10 Å². The van der Waals surface area contributed by atoms with E-state index in [-0.39, 0.29) is 6.10 Å². The van der Waals surface area contributed by atoms with E-state index in [1.165, 1.54) is 31.2 Å². The van der Waals surface area contributed by atoms with Gasteiger partial charge in [0.2, 0.25) is 0 Å². The minimum atomic E-state index is -1.16. The summed E-state index contributed by atoms with van der Waals surface area (Å²) < 4.78 is 5.00. The molecule has 0 heterocycles. The van der Waals surface area contributed by atoms with Crippen LogP contribution >= 0.6 is 0 Å². The van der Waals surface area contributed by atoms with E-state index in [1.54, 1.807) is 0 Å². The Morgan fingerprint density at radius 3 is 2.45 bits per heavy atom. The Hall–Kier alpha value is -1.51. The van der Waals surface area contributed by atoms with Gasteiger partial charge in [-0.15, -0.1) is 0 Å². The van der Waals surface area contributed by atoms with Crippen LogP contribution in [0.1, 0.15) is 57.4 Å². The molecule has 1 aromatic rings. The van der Waals surface area contributed by atoms with Gasteiger partial charge in [-0.2, -0.15) is 0 Å². The molecule has 0 aromatic heterocycles. The van der Waals surface area contributed by atoms with Crippen LogP contribution < -0.4 is 0 Å². The summed E-state index contributed by atoms with van der Waals surface area (Å²) in [5.74, 6) is 0. The molecule has 1 N–H and O–H groups in total. The zero-order valence-corrected chi connectivity index (χ0v) is 12.4. The summed E-state index contributed by atoms with van der Waals surface area (Å²) in [6, 6.07) is 10.1. The number of aryl methyl sites for hydroxylation is 1. The monoisotopic (exact) mass is 278 g/mol. The van der Waals surface area contributed by atoms with Crippen molar-refractivity contribution in [1.82, 2.24) is 0 Å². The molecule has 0 saturated carbocycles. The van der Waals surface area contributed by atoms with Crippen molar-refractivity contribution in [2.24, 2.45) is 0 Å². The van der Waals surface area contributed by atoms with E-state index >= 15 is 0 Å². The van der Waals surface area contributed by atoms with Gasteiger partial charge in [-0.25, -0.2) is 4.79 Å². The summed E-state index contributed by atoms with van der Waals surface area (Å²) in [5.41, 5.74) is 1.23. The van der Waals surface area contributed by atoms with E-state index in [0.29, 0.717) is 0 Å². The number of benzene rings is 1. The Morgan fingerprint density at radius 1 is 1.10 bits per heavy atom. The maximum atomic E-state index is 10.7. The molecule has 0 spiro atoms. The first-order chi connectivity index (χ1) is 9.72. The van der Waals surface area contributed by atoms with Crippen molar-refractivity contribution in [2.45, 2.75) is 64.4 Å². The van der Waals surface area contributed by atoms with Gasteiger partial charge in [-0.05, 0) is 31.2 Å². The number of carboxylic acid groups (broad SMARTS) is 1. The van der Waals surface area contributed by atoms with Crippen molar-refractivity contribution < 1.29 is 14.6 Å². The van der Waals surface area contributed by atoms with E-state index < -0.39 is 6.16 Å². The van der Waals surface area contributed by atoms with Crippen LogP contribution in [0.4, 0.5) is 4.79 Å². The Kier molecular flexibility index (Phi) is 8.52. The third kappa shape index (κ3) is 7.82. The largest absolute Gasteiger partial charge is 0.506 e. The van der Waals surface area contributed by atoms with E-state index in [2.05, 4.69) is 19.1 Å². The van der Waals surface area contributed by atoms with Crippen molar-refractivity contribution in [1.29, 1.82) is 0 Å². The van der Waals surface area contributed by atoms with E-state index in [4.69, 9.17) is 9.84 Å². The lowest BCUT2D eigenvalue weighted by atomic mass is 10.0. The first-order valence-electron chi connectivity index (χ1n) is 7.66. The zero-order chi connectivity index (χ0) is 14.6. The average molecular weight is 278 g/mol. The summed E-state index contributed by atoms with van der Waals surface area (Å²) in [6.45, 7) is 2.19. The van der Waals surface area contributed by atoms with Crippen LogP contribution in [-0.2, 0) is 11.2 Å². The second-order valence-electron chi connectivity index (χ2n) is 5.23. The molecule has 1 atom stereocenters. The molecule has 0 bridgehead atoms. The topological polar surface area (TPSA) is 46.5 Å². The van der Waals surface area contributed by atoms with Gasteiger partial charge < -0.3 is 9.84 Å². The molecule has 1 unspecified atom stereocenters. The molecule has 20 heavy (non-hydrogen) atoms. The highest BCUT2D eigenvalue weighted by atomic mass is 16.7. The standard InChI is InChI=1S/C17H26O3/c1-2-3-4-5-9-12-16(20-17(18)19)14-13-15-10-7-6-8-11-15/h6-8,10-11,16H,2-5,9,12-14H2,1H3,(H,18,19). The highest BCUT2D eigenvalue weighted by molar-refractivity contribution is 5.57. The van der Waals surface area contributed by atoms with Crippen molar-refractivity contribution in [3.8, 4) is 0 Å². The third-order valence-corrected chi connectivity index (χ3v) is 3.49. The minimum absolute atomic E-state index is 0.172. The molecule has 0 aliphatic heterocycles. The third-order valence-electron chi connectivity index (χ3n) is 3.49. The van der Waals surface area contributed by atoms with Crippen molar-refractivity contribution >= 4 is 6.16 Å². The van der Waals surface area contributed by atoms with Crippen LogP contribution in [0.15, 0.2) is 30.3 Å². The van der Waals surface area contributed by atoms with Gasteiger partial charge in [0.25, 0.3) is 0 Å². The number of carbonyl (C=O) groups is 1. The number of unbranched alkanes of at least 4 members (excludes halogenated alkanes) is 4. The predicted molar refractivity (Wildman–Crippen MR) is 81.0 cm³/mol. The normalized spacial score (nSPS) is 12.1. The second-order valence-corrected chi connectivity index (χ2v) is 5.23. The van der Waals surface area contributed by atoms with Gasteiger partial charge in [-0.3, -0.25) is 0 Å². The molecule has 0 fully saturated rings. The average Bonchev–Trinajstić information content (AvgIpc) is 2.45. The van der Waals surface area contributed by atoms with Crippen LogP contribution in [0.2, 0.25) is 0 Å². The van der Waals surface area contributed by atoms with Gasteiger partial charge in [0.05, 0.1) is 0 Å². The fourth-order valence-electron chi connectivity index (χ4n) is 2.35. The maximum Gasteiger partial charge on any atom is 0.506 e. The van der Waals surface area contributed by atoms with Crippen LogP contribution in [0.25, 0.3) is 0 Å². The molecule has 0 amide bonds. The first-order valence-corrected chi connectivity index (χ1v) is 7.66. The van der Waals surface area contributed by atoms with E-state index in [0.717, 1.165) is 25.7 Å². The van der Waals surface area contributed by atoms with Crippen LogP contribution in [0.5, 0.6) is 0 Å². The predicted octanol–water partition coefficient (Wildman–Crippen LogP) is 5.04. The van der Waals surface area contributed by atoms with Gasteiger partial charge in [-0.1, -0.05) is 62.9 Å². The molecule has 0 aliphatic rings. The summed E-state index contributed by atoms with van der Waals surface area (Å²) in [6.07, 6.45) is 7.07. The first kappa shape index (κ1) is 16.5. The van der Waals surface area contributed by atoms with E-state index in [9.17, 15) is 4.79 Å². The zero-order valence-electron chi connectivity index (χ0n) is 12.4. The molecule has 0 aliphatic carbocycles. The number of hydrogen-bond donors (Lipinski definition) is 1. The minimum Gasteiger partial charge on any atom is -0.450 e. The summed E-state index contributed by atoms with van der Waals surface area (Å²) in [5, 5.41) is 8.80. The number of hydrogen-bond acceptors (Lipinski definition) is 2. The van der Waals surface area contributed by atoms with Crippen molar-refractivity contribution in [3.05, 3.63) is 35.9 Å². The van der Waals surface area contributed by atoms with Crippen LogP contribution in [0, 0.1) is 0 Å². The van der Waals surface area contributed by atoms with Crippen molar-refractivity contribution in [3.63, 3.8) is 0 Å². The van der Waals surface area contributed by atoms with Crippen LogP contribution in [-0.4, -0.2) is 17.4 Å². The van der Waals surface area contributed by atoms with E-state index in [1.807, 2.05) is 18.2 Å². The van der Waals surface area contributed by atoms with Gasteiger partial charge in [0, 0.05) is 0 Å². The lowest BCUT2D eigenvalue weighted by Crippen LogP contribution is -2.17. The highest BCUT2D eigenvalue weighted by Gasteiger charge is 2.13. The Balaban J connectivity index is 2.30. The molecular formula is C17H26O3. The molecule has 0 saturated heterocycles. The fourth-order valence-corrected chi connectivity index (χ4v) is 2.35. The molecule has 112 valence electrons. The summed E-state index contributed by atoms with van der Waals surface area (Å²) in [7, 11) is 0. The molecule has 3 heteroatoms. The summed E-state index contributed by atoms with van der Waals surface area (Å²) >= 11 is 0. The van der Waals surface area contributed by atoms with Gasteiger partial charge >= 0.3 is 6.16 Å². The number of ether oxygens (including phenoxy) is 1. The molecule has 1 aromatic carbocycles. The molecule has 0 radical (unpaired) electrons. The quantitative estimate of drug-likeness (QED) is 0.481. The Morgan fingerprint density at radius 2 is 1.80 bits per heavy atom. The Bertz CT molecular complexity index is 362.